The molecule has 194 valence electrons. The molecule has 0 radical (unpaired) electrons. The van der Waals surface area contributed by atoms with Gasteiger partial charge in [-0.25, -0.2) is 26.4 Å². The summed E-state index contributed by atoms with van der Waals surface area (Å²) in [6, 6.07) is 4.69. The zero-order valence-electron chi connectivity index (χ0n) is 19.4. The highest BCUT2D eigenvalue weighted by molar-refractivity contribution is 7.92. The van der Waals surface area contributed by atoms with Gasteiger partial charge in [0.1, 0.15) is 0 Å². The molecule has 12 heteroatoms. The number of anilines is 1. The highest BCUT2D eigenvalue weighted by Crippen LogP contribution is 2.49. The molecule has 7 nitrogen and oxygen atoms in total. The number of hydrogen-bond donors (Lipinski definition) is 2. The molecule has 2 fully saturated rings. The summed E-state index contributed by atoms with van der Waals surface area (Å²) in [4.78, 5) is 24.2. The van der Waals surface area contributed by atoms with Crippen molar-refractivity contribution in [3.63, 3.8) is 0 Å². The molecule has 0 heterocycles. The number of halogens is 4. The Labute approximate surface area is 211 Å². The van der Waals surface area contributed by atoms with Gasteiger partial charge in [-0.05, 0) is 55.2 Å². The second-order valence-electron chi connectivity index (χ2n) is 9.29. The highest BCUT2D eigenvalue weighted by Gasteiger charge is 2.50. The van der Waals surface area contributed by atoms with Gasteiger partial charge in [-0.3, -0.25) is 4.79 Å². The van der Waals surface area contributed by atoms with Gasteiger partial charge in [-0.1, -0.05) is 18.5 Å². The van der Waals surface area contributed by atoms with Crippen LogP contribution in [-0.2, 0) is 14.6 Å². The van der Waals surface area contributed by atoms with Gasteiger partial charge >= 0.3 is 6.09 Å². The highest BCUT2D eigenvalue weighted by atomic mass is 35.5. The number of benzene rings is 2. The van der Waals surface area contributed by atoms with Crippen LogP contribution < -0.4 is 10.6 Å². The molecule has 2 aromatic rings. The smallest absolute Gasteiger partial charge is 0.407 e. The summed E-state index contributed by atoms with van der Waals surface area (Å²) in [7, 11) is -2.70. The lowest BCUT2D eigenvalue weighted by atomic mass is 9.82. The summed E-state index contributed by atoms with van der Waals surface area (Å²) < 4.78 is 72.1. The molecule has 2 saturated carbocycles. The van der Waals surface area contributed by atoms with Crippen LogP contribution in [0.2, 0.25) is 5.02 Å². The molecule has 2 amide bonds. The van der Waals surface area contributed by atoms with E-state index in [0.29, 0.717) is 25.0 Å². The Kier molecular flexibility index (Phi) is 7.25. The molecule has 2 aliphatic carbocycles. The maximum Gasteiger partial charge on any atom is 0.407 e. The Morgan fingerprint density at radius 2 is 1.72 bits per heavy atom. The Morgan fingerprint density at radius 1 is 1.06 bits per heavy atom. The molecule has 0 aromatic heterocycles. The van der Waals surface area contributed by atoms with Gasteiger partial charge in [0.05, 0.1) is 22.3 Å². The Bertz CT molecular complexity index is 1300. The molecule has 2 bridgehead atoms. The first-order valence-corrected chi connectivity index (χ1v) is 13.2. The maximum atomic E-state index is 13.6. The molecular formula is C24H24ClF3N2O5S. The fourth-order valence-corrected chi connectivity index (χ4v) is 7.81. The first-order chi connectivity index (χ1) is 16.9. The van der Waals surface area contributed by atoms with Crippen LogP contribution in [0.5, 0.6) is 0 Å². The van der Waals surface area contributed by atoms with Crippen molar-refractivity contribution in [2.24, 2.45) is 17.8 Å². The van der Waals surface area contributed by atoms with Crippen LogP contribution in [0.1, 0.15) is 36.5 Å². The number of sulfone groups is 1. The predicted molar refractivity (Wildman–Crippen MR) is 126 cm³/mol. The molecule has 2 N–H and O–H groups in total. The Morgan fingerprint density at radius 3 is 2.33 bits per heavy atom. The van der Waals surface area contributed by atoms with E-state index in [4.69, 9.17) is 16.3 Å². The molecule has 36 heavy (non-hydrogen) atoms. The van der Waals surface area contributed by atoms with Crippen LogP contribution in [0.4, 0.5) is 23.7 Å². The first-order valence-electron chi connectivity index (χ1n) is 11.3. The normalized spacial score (nSPS) is 25.3. The fourth-order valence-electron chi connectivity index (χ4n) is 5.41. The lowest BCUT2D eigenvalue weighted by Crippen LogP contribution is -2.48. The van der Waals surface area contributed by atoms with Gasteiger partial charge in [0, 0.05) is 29.4 Å². The quantitative estimate of drug-likeness (QED) is 0.519. The lowest BCUT2D eigenvalue weighted by molar-refractivity contribution is 0.102. The van der Waals surface area contributed by atoms with Crippen molar-refractivity contribution in [3.05, 3.63) is 58.4 Å². The second kappa shape index (κ2) is 9.93. The van der Waals surface area contributed by atoms with Gasteiger partial charge in [0.15, 0.2) is 27.3 Å². The molecule has 2 aliphatic rings. The lowest BCUT2D eigenvalue weighted by Gasteiger charge is -2.36. The van der Waals surface area contributed by atoms with Gasteiger partial charge in [0.25, 0.3) is 5.91 Å². The Hall–Kier alpha value is -2.79. The van der Waals surface area contributed by atoms with Crippen LogP contribution in [0.15, 0.2) is 35.2 Å². The van der Waals surface area contributed by atoms with Crippen molar-refractivity contribution in [2.45, 2.75) is 42.4 Å². The standard InChI is InChI=1S/C24H24ClF3N2O5S/c1-11-5-13-6-15(10-16(11)22(13)30-24(32)35-2)36(33,34)20-7-12(3-4-17(20)25)23(31)29-14-8-18(26)21(28)19(27)9-14/h3-4,7-9,11,13,15-16,22H,5-6,10H2,1-2H3,(H,29,31)(H,30,32)/t11-,13?,15?,16?,22+/m0/s1. The molecule has 0 saturated heterocycles. The van der Waals surface area contributed by atoms with Crippen molar-refractivity contribution in [2.75, 3.05) is 12.4 Å². The minimum atomic E-state index is -3.97. The number of carbonyl (C=O) groups excluding carboxylic acids is 2. The van der Waals surface area contributed by atoms with E-state index in [9.17, 15) is 31.2 Å². The summed E-state index contributed by atoms with van der Waals surface area (Å²) in [5.74, 6) is -5.43. The zero-order chi connectivity index (χ0) is 26.4. The van der Waals surface area contributed by atoms with Crippen LogP contribution in [0, 0.1) is 35.2 Å². The van der Waals surface area contributed by atoms with Crippen molar-refractivity contribution >= 4 is 39.1 Å². The number of rotatable bonds is 5. The van der Waals surface area contributed by atoms with E-state index in [2.05, 4.69) is 10.6 Å². The fraction of sp³-hybridized carbons (Fsp3) is 0.417. The second-order valence-corrected chi connectivity index (χ2v) is 11.9. The van der Waals surface area contributed by atoms with Crippen LogP contribution in [0.25, 0.3) is 0 Å². The SMILES string of the molecule is COC(=O)N[C@@H]1C2CC(S(=O)(=O)c3cc(C(=O)Nc4cc(F)c(F)c(F)c4)ccc3Cl)CC1[C@@H](C)C2. The molecule has 0 spiro atoms. The van der Waals surface area contributed by atoms with E-state index >= 15 is 0 Å². The third-order valence-electron chi connectivity index (χ3n) is 7.13. The molecule has 5 atom stereocenters. The molecule has 4 rings (SSSR count). The number of nitrogens with one attached hydrogen (secondary N) is 2. The van der Waals surface area contributed by atoms with Crippen molar-refractivity contribution in [1.29, 1.82) is 0 Å². The summed E-state index contributed by atoms with van der Waals surface area (Å²) in [5.41, 5.74) is -0.446. The van der Waals surface area contributed by atoms with Crippen LogP contribution in [-0.4, -0.2) is 38.8 Å². The largest absolute Gasteiger partial charge is 0.453 e. The van der Waals surface area contributed by atoms with Crippen molar-refractivity contribution < 1.29 is 35.9 Å². The van der Waals surface area contributed by atoms with E-state index in [1.165, 1.54) is 19.2 Å². The minimum absolute atomic E-state index is 0.0637. The average Bonchev–Trinajstić information content (AvgIpc) is 2.98. The summed E-state index contributed by atoms with van der Waals surface area (Å²) in [6.07, 6.45) is 0.800. The molecule has 3 unspecified atom stereocenters. The number of methoxy groups -OCH3 is 1. The zero-order valence-corrected chi connectivity index (χ0v) is 20.9. The summed E-state index contributed by atoms with van der Waals surface area (Å²) in [5, 5.41) is 4.22. The number of hydrogen-bond acceptors (Lipinski definition) is 5. The summed E-state index contributed by atoms with van der Waals surface area (Å²) in [6.45, 7) is 2.02. The number of amides is 2. The Balaban J connectivity index is 1.57. The van der Waals surface area contributed by atoms with Gasteiger partial charge in [0.2, 0.25) is 0 Å². The third-order valence-corrected chi connectivity index (χ3v) is 9.78. The van der Waals surface area contributed by atoms with E-state index in [-0.39, 0.29) is 45.0 Å². The predicted octanol–water partition coefficient (Wildman–Crippen LogP) is 4.94. The maximum absolute atomic E-state index is 13.6. The van der Waals surface area contributed by atoms with Crippen LogP contribution >= 0.6 is 11.6 Å². The third kappa shape index (κ3) is 4.90. The molecule has 0 aliphatic heterocycles. The first kappa shape index (κ1) is 26.3. The van der Waals surface area contributed by atoms with E-state index in [0.717, 1.165) is 12.5 Å². The van der Waals surface area contributed by atoms with E-state index < -0.39 is 44.5 Å². The number of carbonyl (C=O) groups is 2. The topological polar surface area (TPSA) is 102 Å². The summed E-state index contributed by atoms with van der Waals surface area (Å²) >= 11 is 6.23. The van der Waals surface area contributed by atoms with E-state index in [1.54, 1.807) is 0 Å². The number of ether oxygens (including phenoxy) is 1. The number of fused-ring (bicyclic) bond motifs is 2. The van der Waals surface area contributed by atoms with Gasteiger partial charge < -0.3 is 15.4 Å². The molecule has 2 aromatic carbocycles. The van der Waals surface area contributed by atoms with Crippen molar-refractivity contribution in [3.8, 4) is 0 Å². The number of alkyl carbamates (subject to hydrolysis) is 1. The monoisotopic (exact) mass is 544 g/mol. The minimum Gasteiger partial charge on any atom is -0.453 e. The van der Waals surface area contributed by atoms with Crippen molar-refractivity contribution in [1.82, 2.24) is 5.32 Å². The van der Waals surface area contributed by atoms with Gasteiger partial charge in [-0.15, -0.1) is 0 Å². The van der Waals surface area contributed by atoms with Gasteiger partial charge in [-0.2, -0.15) is 0 Å². The van der Waals surface area contributed by atoms with Crippen LogP contribution in [0.3, 0.4) is 0 Å². The van der Waals surface area contributed by atoms with E-state index in [1.807, 2.05) is 6.92 Å². The average molecular weight is 545 g/mol. The molecular weight excluding hydrogens is 521 g/mol.